The number of para-hydroxylation sites is 1. The Morgan fingerprint density at radius 1 is 0.862 bits per heavy atom. The Bertz CT molecular complexity index is 1370. The largest absolute Gasteiger partial charge is 0.455 e. The van der Waals surface area contributed by atoms with Gasteiger partial charge in [0.2, 0.25) is 0 Å². The van der Waals surface area contributed by atoms with Crippen LogP contribution in [0.5, 0.6) is 0 Å². The zero-order valence-corrected chi connectivity index (χ0v) is 17.3. The maximum absolute atomic E-state index is 6.45. The van der Waals surface area contributed by atoms with Gasteiger partial charge in [0.05, 0.1) is 5.69 Å². The minimum absolute atomic E-state index is 0.230. The fourth-order valence-electron chi connectivity index (χ4n) is 4.13. The molecular weight excluding hydrogens is 356 g/mol. The lowest BCUT2D eigenvalue weighted by Crippen LogP contribution is -2.09. The predicted molar refractivity (Wildman–Crippen MR) is 120 cm³/mol. The van der Waals surface area contributed by atoms with Crippen LogP contribution >= 0.6 is 0 Å². The van der Waals surface area contributed by atoms with E-state index in [0.717, 1.165) is 56.1 Å². The Balaban J connectivity index is 1.74. The minimum atomic E-state index is 0.230. The van der Waals surface area contributed by atoms with E-state index in [1.165, 1.54) is 5.56 Å². The first kappa shape index (κ1) is 17.9. The van der Waals surface area contributed by atoms with Gasteiger partial charge in [0, 0.05) is 39.8 Å². The molecule has 0 N–H and O–H groups in total. The summed E-state index contributed by atoms with van der Waals surface area (Å²) < 4.78 is 6.45. The van der Waals surface area contributed by atoms with Crippen molar-refractivity contribution >= 4 is 32.7 Å². The van der Waals surface area contributed by atoms with Crippen molar-refractivity contribution in [2.45, 2.75) is 34.1 Å². The second kappa shape index (κ2) is 6.41. The summed E-state index contributed by atoms with van der Waals surface area (Å²) in [5.74, 6) is 0. The fraction of sp³-hybridized carbons (Fsp3) is 0.231. The molecule has 0 saturated heterocycles. The van der Waals surface area contributed by atoms with Crippen molar-refractivity contribution < 1.29 is 4.42 Å². The molecule has 3 heteroatoms. The second-order valence-corrected chi connectivity index (χ2v) is 9.06. The van der Waals surface area contributed by atoms with E-state index < -0.39 is 0 Å². The molecule has 0 aliphatic heterocycles. The molecule has 0 radical (unpaired) electrons. The molecule has 0 spiro atoms. The van der Waals surface area contributed by atoms with Gasteiger partial charge in [-0.3, -0.25) is 9.97 Å². The number of nitrogens with zero attached hydrogens (tertiary/aromatic N) is 2. The number of fused-ring (bicyclic) bond motifs is 5. The van der Waals surface area contributed by atoms with Gasteiger partial charge in [-0.2, -0.15) is 0 Å². The highest BCUT2D eigenvalue weighted by Gasteiger charge is 2.16. The third kappa shape index (κ3) is 3.17. The Morgan fingerprint density at radius 2 is 1.69 bits per heavy atom. The molecule has 2 aromatic carbocycles. The topological polar surface area (TPSA) is 38.9 Å². The summed E-state index contributed by atoms with van der Waals surface area (Å²) in [5.41, 5.74) is 6.29. The van der Waals surface area contributed by atoms with Gasteiger partial charge in [0.15, 0.2) is 0 Å². The summed E-state index contributed by atoms with van der Waals surface area (Å²) in [4.78, 5) is 9.14. The standard InChI is InChI=1S/C26H24N2O/c1-16-12-18-8-9-20-19-6-5-7-21(24(19)29-25(20)22(18)15-28-16)23-13-17(10-11-27-23)14-26(2,3)4/h5-13,15H,14H2,1-4H3. The maximum Gasteiger partial charge on any atom is 0.144 e. The molecule has 0 saturated carbocycles. The first-order valence-electron chi connectivity index (χ1n) is 10.0. The van der Waals surface area contributed by atoms with E-state index in [1.807, 2.05) is 19.3 Å². The number of pyridine rings is 2. The first-order valence-corrected chi connectivity index (χ1v) is 10.0. The number of rotatable bonds is 2. The highest BCUT2D eigenvalue weighted by molar-refractivity contribution is 6.16. The molecular formula is C26H24N2O. The molecule has 5 aromatic rings. The normalized spacial score (nSPS) is 12.3. The summed E-state index contributed by atoms with van der Waals surface area (Å²) >= 11 is 0. The molecule has 144 valence electrons. The number of aryl methyl sites for hydroxylation is 1. The molecule has 0 aliphatic rings. The fourth-order valence-corrected chi connectivity index (χ4v) is 4.13. The summed E-state index contributed by atoms with van der Waals surface area (Å²) in [6.07, 6.45) is 4.82. The summed E-state index contributed by atoms with van der Waals surface area (Å²) in [6.45, 7) is 8.78. The van der Waals surface area contributed by atoms with Crippen molar-refractivity contribution in [3.05, 3.63) is 72.2 Å². The van der Waals surface area contributed by atoms with Crippen molar-refractivity contribution in [3.63, 3.8) is 0 Å². The lowest BCUT2D eigenvalue weighted by molar-refractivity contribution is 0.411. The van der Waals surface area contributed by atoms with Crippen molar-refractivity contribution in [1.29, 1.82) is 0 Å². The third-order valence-corrected chi connectivity index (χ3v) is 5.34. The van der Waals surface area contributed by atoms with Crippen molar-refractivity contribution in [3.8, 4) is 11.3 Å². The molecule has 29 heavy (non-hydrogen) atoms. The molecule has 0 unspecified atom stereocenters. The van der Waals surface area contributed by atoms with E-state index in [9.17, 15) is 0 Å². The van der Waals surface area contributed by atoms with Gasteiger partial charge < -0.3 is 4.42 Å². The number of furan rings is 1. The first-order chi connectivity index (χ1) is 13.9. The molecule has 0 atom stereocenters. The monoisotopic (exact) mass is 380 g/mol. The predicted octanol–water partition coefficient (Wildman–Crippen LogP) is 7.09. The molecule has 5 rings (SSSR count). The molecule has 0 bridgehead atoms. The van der Waals surface area contributed by atoms with Crippen LogP contribution in [-0.4, -0.2) is 9.97 Å². The van der Waals surface area contributed by atoms with Crippen LogP contribution in [0.1, 0.15) is 32.0 Å². The van der Waals surface area contributed by atoms with E-state index in [0.29, 0.717) is 0 Å². The van der Waals surface area contributed by atoms with Crippen LogP contribution in [0, 0.1) is 12.3 Å². The van der Waals surface area contributed by atoms with Crippen molar-refractivity contribution in [2.24, 2.45) is 5.41 Å². The molecule has 3 aromatic heterocycles. The van der Waals surface area contributed by atoms with Crippen LogP contribution in [0.2, 0.25) is 0 Å². The van der Waals surface area contributed by atoms with Crippen LogP contribution in [0.25, 0.3) is 44.0 Å². The minimum Gasteiger partial charge on any atom is -0.455 e. The Morgan fingerprint density at radius 3 is 2.52 bits per heavy atom. The van der Waals surface area contributed by atoms with E-state index >= 15 is 0 Å². The highest BCUT2D eigenvalue weighted by Crippen LogP contribution is 2.38. The van der Waals surface area contributed by atoms with Crippen LogP contribution in [0.4, 0.5) is 0 Å². The summed E-state index contributed by atoms with van der Waals surface area (Å²) in [5, 5.41) is 4.43. The molecule has 3 heterocycles. The maximum atomic E-state index is 6.45. The van der Waals surface area contributed by atoms with Gasteiger partial charge in [-0.1, -0.05) is 39.0 Å². The highest BCUT2D eigenvalue weighted by atomic mass is 16.3. The van der Waals surface area contributed by atoms with Gasteiger partial charge >= 0.3 is 0 Å². The number of aromatic nitrogens is 2. The number of hydrogen-bond acceptors (Lipinski definition) is 3. The summed E-state index contributed by atoms with van der Waals surface area (Å²) in [7, 11) is 0. The molecule has 0 fully saturated rings. The van der Waals surface area contributed by atoms with Crippen LogP contribution in [0.3, 0.4) is 0 Å². The van der Waals surface area contributed by atoms with Crippen molar-refractivity contribution in [1.82, 2.24) is 9.97 Å². The third-order valence-electron chi connectivity index (χ3n) is 5.34. The van der Waals surface area contributed by atoms with Crippen molar-refractivity contribution in [2.75, 3.05) is 0 Å². The van der Waals surface area contributed by atoms with Gasteiger partial charge in [-0.05, 0) is 60.0 Å². The van der Waals surface area contributed by atoms with Crippen LogP contribution in [-0.2, 0) is 6.42 Å². The summed E-state index contributed by atoms with van der Waals surface area (Å²) in [6, 6.07) is 17.0. The Hall–Kier alpha value is -3.20. The number of benzene rings is 2. The van der Waals surface area contributed by atoms with Crippen LogP contribution < -0.4 is 0 Å². The van der Waals surface area contributed by atoms with Gasteiger partial charge in [0.1, 0.15) is 11.2 Å². The zero-order valence-electron chi connectivity index (χ0n) is 17.3. The Labute approximate surface area is 170 Å². The SMILES string of the molecule is Cc1cc2ccc3c4cccc(-c5cc(CC(C)(C)C)ccn5)c4oc3c2cn1. The lowest BCUT2D eigenvalue weighted by atomic mass is 9.88. The van der Waals surface area contributed by atoms with Gasteiger partial charge in [-0.25, -0.2) is 0 Å². The van der Waals surface area contributed by atoms with E-state index in [4.69, 9.17) is 4.42 Å². The quantitative estimate of drug-likeness (QED) is 0.328. The average Bonchev–Trinajstić information content (AvgIpc) is 3.05. The molecule has 3 nitrogen and oxygen atoms in total. The smallest absolute Gasteiger partial charge is 0.144 e. The van der Waals surface area contributed by atoms with Gasteiger partial charge in [0.25, 0.3) is 0 Å². The van der Waals surface area contributed by atoms with Crippen LogP contribution in [0.15, 0.2) is 65.3 Å². The Kier molecular flexibility index (Phi) is 3.95. The molecule has 0 aliphatic carbocycles. The van der Waals surface area contributed by atoms with Gasteiger partial charge in [-0.15, -0.1) is 0 Å². The average molecular weight is 380 g/mol. The molecule has 0 amide bonds. The number of hydrogen-bond donors (Lipinski definition) is 0. The van der Waals surface area contributed by atoms with E-state index in [2.05, 4.69) is 79.3 Å². The lowest BCUT2D eigenvalue weighted by Gasteiger charge is -2.18. The second-order valence-electron chi connectivity index (χ2n) is 9.06. The zero-order chi connectivity index (χ0) is 20.2. The van der Waals surface area contributed by atoms with E-state index in [-0.39, 0.29) is 5.41 Å². The van der Waals surface area contributed by atoms with E-state index in [1.54, 1.807) is 0 Å².